The van der Waals surface area contributed by atoms with Crippen molar-refractivity contribution in [1.82, 2.24) is 19.9 Å². The van der Waals surface area contributed by atoms with Gasteiger partial charge in [0, 0.05) is 18.0 Å². The lowest BCUT2D eigenvalue weighted by Crippen LogP contribution is -2.06. The second-order valence-corrected chi connectivity index (χ2v) is 4.73. The highest BCUT2D eigenvalue weighted by Gasteiger charge is 2.17. The van der Waals surface area contributed by atoms with Crippen molar-refractivity contribution in [2.75, 3.05) is 6.26 Å². The number of aliphatic hydroxyl groups excluding tert-OH is 1. The van der Waals surface area contributed by atoms with Crippen molar-refractivity contribution in [3.8, 4) is 0 Å². The Morgan fingerprint density at radius 2 is 2.06 bits per heavy atom. The number of hydrogen-bond acceptors (Lipinski definition) is 6. The van der Waals surface area contributed by atoms with Crippen molar-refractivity contribution >= 4 is 35.0 Å². The Bertz CT molecular complexity index is 569. The summed E-state index contributed by atoms with van der Waals surface area (Å²) in [5.74, 6) is 0. The predicted octanol–water partition coefficient (Wildman–Crippen LogP) is 2.38. The maximum absolute atomic E-state index is 10.2. The number of halogens is 2. The zero-order chi connectivity index (χ0) is 13.1. The molecule has 0 aliphatic rings. The van der Waals surface area contributed by atoms with Crippen LogP contribution in [0.1, 0.15) is 17.4 Å². The molecular formula is C10H8Cl2N4OS. The van der Waals surface area contributed by atoms with Crippen LogP contribution in [0.3, 0.4) is 0 Å². The van der Waals surface area contributed by atoms with Crippen molar-refractivity contribution < 1.29 is 5.11 Å². The van der Waals surface area contributed by atoms with Crippen molar-refractivity contribution in [3.05, 3.63) is 40.2 Å². The molecule has 2 rings (SSSR count). The van der Waals surface area contributed by atoms with Crippen LogP contribution in [-0.4, -0.2) is 31.3 Å². The molecule has 2 aromatic rings. The molecule has 2 heterocycles. The Balaban J connectivity index is 2.37. The van der Waals surface area contributed by atoms with Gasteiger partial charge in [0.15, 0.2) is 5.16 Å². The van der Waals surface area contributed by atoms with Gasteiger partial charge in [0.05, 0.1) is 5.69 Å². The van der Waals surface area contributed by atoms with Crippen LogP contribution in [0.4, 0.5) is 0 Å². The Kier molecular flexibility index (Phi) is 4.34. The van der Waals surface area contributed by atoms with E-state index in [0.717, 1.165) is 0 Å². The van der Waals surface area contributed by atoms with Crippen molar-refractivity contribution in [2.24, 2.45) is 0 Å². The molecule has 1 atom stereocenters. The van der Waals surface area contributed by atoms with Crippen LogP contribution in [0.15, 0.2) is 23.6 Å². The minimum absolute atomic E-state index is 0.0310. The Hall–Kier alpha value is -0.950. The van der Waals surface area contributed by atoms with Crippen LogP contribution in [0, 0.1) is 0 Å². The first-order valence-electron chi connectivity index (χ1n) is 4.84. The summed E-state index contributed by atoms with van der Waals surface area (Å²) in [5, 5.41) is 10.9. The zero-order valence-electron chi connectivity index (χ0n) is 9.21. The third kappa shape index (κ3) is 2.89. The van der Waals surface area contributed by atoms with E-state index in [1.807, 2.05) is 6.26 Å². The number of thioether (sulfide) groups is 1. The molecule has 8 heteroatoms. The minimum Gasteiger partial charge on any atom is -0.382 e. The SMILES string of the molecule is CSc1nccc([C@H](O)c2cnc(Cl)nc2Cl)n1. The van der Waals surface area contributed by atoms with E-state index in [4.69, 9.17) is 23.2 Å². The average molecular weight is 303 g/mol. The fourth-order valence-electron chi connectivity index (χ4n) is 1.30. The Morgan fingerprint density at radius 1 is 1.28 bits per heavy atom. The largest absolute Gasteiger partial charge is 0.382 e. The van der Waals surface area contributed by atoms with Gasteiger partial charge in [-0.3, -0.25) is 0 Å². The van der Waals surface area contributed by atoms with E-state index in [1.54, 1.807) is 12.3 Å². The summed E-state index contributed by atoms with van der Waals surface area (Å²) in [6, 6.07) is 1.61. The summed E-state index contributed by atoms with van der Waals surface area (Å²) >= 11 is 12.9. The lowest BCUT2D eigenvalue weighted by Gasteiger charge is -2.11. The van der Waals surface area contributed by atoms with E-state index in [9.17, 15) is 5.11 Å². The van der Waals surface area contributed by atoms with Crippen LogP contribution >= 0.6 is 35.0 Å². The predicted molar refractivity (Wildman–Crippen MR) is 69.9 cm³/mol. The van der Waals surface area contributed by atoms with Crippen molar-refractivity contribution in [2.45, 2.75) is 11.3 Å². The first-order valence-corrected chi connectivity index (χ1v) is 6.83. The van der Waals surface area contributed by atoms with E-state index >= 15 is 0 Å². The molecule has 94 valence electrons. The van der Waals surface area contributed by atoms with E-state index in [2.05, 4.69) is 19.9 Å². The number of hydrogen-bond donors (Lipinski definition) is 1. The summed E-state index contributed by atoms with van der Waals surface area (Å²) in [7, 11) is 0. The normalized spacial score (nSPS) is 12.4. The van der Waals surface area contributed by atoms with E-state index in [0.29, 0.717) is 16.4 Å². The van der Waals surface area contributed by atoms with Crippen LogP contribution < -0.4 is 0 Å². The molecular weight excluding hydrogens is 295 g/mol. The fourth-order valence-corrected chi connectivity index (χ4v) is 2.07. The molecule has 0 radical (unpaired) electrons. The van der Waals surface area contributed by atoms with Gasteiger partial charge in [-0.25, -0.2) is 19.9 Å². The van der Waals surface area contributed by atoms with Gasteiger partial charge in [-0.2, -0.15) is 0 Å². The third-order valence-corrected chi connectivity index (χ3v) is 3.20. The molecule has 0 spiro atoms. The van der Waals surface area contributed by atoms with Crippen LogP contribution in [-0.2, 0) is 0 Å². The highest BCUT2D eigenvalue weighted by atomic mass is 35.5. The molecule has 0 saturated heterocycles. The number of aliphatic hydroxyl groups is 1. The molecule has 2 aromatic heterocycles. The molecule has 0 saturated carbocycles. The van der Waals surface area contributed by atoms with Gasteiger partial charge in [0.25, 0.3) is 0 Å². The van der Waals surface area contributed by atoms with Gasteiger partial charge >= 0.3 is 0 Å². The summed E-state index contributed by atoms with van der Waals surface area (Å²) < 4.78 is 0. The van der Waals surface area contributed by atoms with Crippen molar-refractivity contribution in [1.29, 1.82) is 0 Å². The molecule has 1 N–H and O–H groups in total. The van der Waals surface area contributed by atoms with E-state index in [1.165, 1.54) is 18.0 Å². The molecule has 0 aromatic carbocycles. The third-order valence-electron chi connectivity index (χ3n) is 2.15. The molecule has 0 amide bonds. The van der Waals surface area contributed by atoms with Crippen LogP contribution in [0.5, 0.6) is 0 Å². The summed E-state index contributed by atoms with van der Waals surface area (Å²) in [6.45, 7) is 0. The molecule has 0 aliphatic heterocycles. The second-order valence-electron chi connectivity index (χ2n) is 3.26. The molecule has 0 unspecified atom stereocenters. The Morgan fingerprint density at radius 3 is 2.72 bits per heavy atom. The number of nitrogens with zero attached hydrogens (tertiary/aromatic N) is 4. The summed E-state index contributed by atoms with van der Waals surface area (Å²) in [6.07, 6.45) is 3.79. The van der Waals surface area contributed by atoms with Gasteiger partial charge in [0.2, 0.25) is 5.28 Å². The van der Waals surface area contributed by atoms with Gasteiger partial charge in [-0.15, -0.1) is 0 Å². The van der Waals surface area contributed by atoms with Crippen LogP contribution in [0.2, 0.25) is 10.4 Å². The lowest BCUT2D eigenvalue weighted by atomic mass is 10.1. The molecule has 18 heavy (non-hydrogen) atoms. The highest BCUT2D eigenvalue weighted by molar-refractivity contribution is 7.98. The van der Waals surface area contributed by atoms with Crippen LogP contribution in [0.25, 0.3) is 0 Å². The Labute approximate surface area is 118 Å². The van der Waals surface area contributed by atoms with Gasteiger partial charge in [0.1, 0.15) is 11.3 Å². The van der Waals surface area contributed by atoms with Gasteiger partial charge < -0.3 is 5.11 Å². The molecule has 5 nitrogen and oxygen atoms in total. The second kappa shape index (κ2) is 5.79. The quantitative estimate of drug-likeness (QED) is 0.533. The molecule has 0 bridgehead atoms. The lowest BCUT2D eigenvalue weighted by molar-refractivity contribution is 0.213. The first-order chi connectivity index (χ1) is 8.61. The fraction of sp³-hybridized carbons (Fsp3) is 0.200. The maximum Gasteiger partial charge on any atom is 0.223 e. The van der Waals surface area contributed by atoms with Gasteiger partial charge in [-0.05, 0) is 23.9 Å². The average Bonchev–Trinajstić information content (AvgIpc) is 2.38. The standard InChI is InChI=1S/C10H8Cl2N4OS/c1-18-10-13-3-2-6(15-10)7(17)5-4-14-9(12)16-8(5)11/h2-4,7,17H,1H3/t7-/m1/s1. The number of aromatic nitrogens is 4. The number of rotatable bonds is 3. The zero-order valence-corrected chi connectivity index (χ0v) is 11.5. The van der Waals surface area contributed by atoms with E-state index in [-0.39, 0.29) is 10.4 Å². The smallest absolute Gasteiger partial charge is 0.223 e. The summed E-state index contributed by atoms with van der Waals surface area (Å²) in [5.41, 5.74) is 0.786. The first kappa shape index (κ1) is 13.5. The highest BCUT2D eigenvalue weighted by Crippen LogP contribution is 2.26. The topological polar surface area (TPSA) is 71.8 Å². The van der Waals surface area contributed by atoms with Crippen molar-refractivity contribution in [3.63, 3.8) is 0 Å². The minimum atomic E-state index is -1.01. The molecule has 0 aliphatic carbocycles. The van der Waals surface area contributed by atoms with E-state index < -0.39 is 6.10 Å². The summed E-state index contributed by atoms with van der Waals surface area (Å²) in [4.78, 5) is 15.8. The maximum atomic E-state index is 10.2. The van der Waals surface area contributed by atoms with Gasteiger partial charge in [-0.1, -0.05) is 23.4 Å². The monoisotopic (exact) mass is 302 g/mol. The molecule has 0 fully saturated rings.